The molecule has 0 bridgehead atoms. The van der Waals surface area contributed by atoms with E-state index in [0.29, 0.717) is 21.5 Å². The van der Waals surface area contributed by atoms with Crippen molar-refractivity contribution in [2.75, 3.05) is 13.1 Å². The molecule has 0 aliphatic carbocycles. The van der Waals surface area contributed by atoms with E-state index in [0.717, 1.165) is 5.57 Å². The number of carboxylic acids is 1. The lowest BCUT2D eigenvalue weighted by Gasteiger charge is -2.46. The van der Waals surface area contributed by atoms with E-state index < -0.39 is 28.2 Å². The molecule has 0 saturated carbocycles. The fourth-order valence-corrected chi connectivity index (χ4v) is 6.91. The van der Waals surface area contributed by atoms with Crippen molar-refractivity contribution in [3.63, 3.8) is 0 Å². The summed E-state index contributed by atoms with van der Waals surface area (Å²) >= 11 is 2.54. The summed E-state index contributed by atoms with van der Waals surface area (Å²) in [6.45, 7) is 4.02. The lowest BCUT2D eigenvalue weighted by molar-refractivity contribution is -0.163. The smallest absolute Gasteiger partial charge is 0.353 e. The van der Waals surface area contributed by atoms with E-state index in [1.165, 1.54) is 34.9 Å². The molecule has 11 nitrogen and oxygen atoms in total. The molecular weight excluding hydrogens is 478 g/mol. The fraction of sp³-hybridized carbons (Fsp3) is 0.500. The Morgan fingerprint density at radius 2 is 2.25 bits per heavy atom. The minimum absolute atomic E-state index is 0.0527. The summed E-state index contributed by atoms with van der Waals surface area (Å²) in [6, 6.07) is -0.676. The third-order valence-electron chi connectivity index (χ3n) is 5.84. The van der Waals surface area contributed by atoms with Gasteiger partial charge in [-0.1, -0.05) is 24.8 Å². The average molecular weight is 502 g/mol. The second kappa shape index (κ2) is 8.52. The standard InChI is InChI=1S/C18H23N5O6S3/c1-7-13-12(8(2)24)16(25)23(13)14(17(26)27)15(7)31-18-22-11(6-30-18)9-3-4-20-10(9)5-21-32(19,28)29/h3,6-8,10,12-13,20-21,24H,4-5H2,1-2H3,(H,26,27)(H2,19,28,29). The Labute approximate surface area is 192 Å². The quantitative estimate of drug-likeness (QED) is 0.295. The van der Waals surface area contributed by atoms with Crippen molar-refractivity contribution in [3.8, 4) is 0 Å². The number of hydrogen-bond donors (Lipinski definition) is 5. The highest BCUT2D eigenvalue weighted by atomic mass is 32.2. The highest BCUT2D eigenvalue weighted by Crippen LogP contribution is 2.52. The van der Waals surface area contributed by atoms with Crippen LogP contribution in [0.4, 0.5) is 0 Å². The Bertz CT molecular complexity index is 1130. The van der Waals surface area contributed by atoms with Crippen LogP contribution in [-0.4, -0.2) is 71.7 Å². The molecule has 5 atom stereocenters. The molecule has 0 radical (unpaired) electrons. The molecule has 3 aliphatic heterocycles. The summed E-state index contributed by atoms with van der Waals surface area (Å²) in [4.78, 5) is 30.8. The number of aromatic nitrogens is 1. The van der Waals surface area contributed by atoms with Crippen LogP contribution in [0.1, 0.15) is 19.5 Å². The fourth-order valence-electron chi connectivity index (χ4n) is 4.42. The Morgan fingerprint density at radius 1 is 1.53 bits per heavy atom. The maximum Gasteiger partial charge on any atom is 0.353 e. The van der Waals surface area contributed by atoms with Crippen molar-refractivity contribution in [1.29, 1.82) is 0 Å². The molecule has 1 aromatic heterocycles. The lowest BCUT2D eigenvalue weighted by Crippen LogP contribution is -2.63. The molecule has 5 unspecified atom stereocenters. The first-order valence-electron chi connectivity index (χ1n) is 9.82. The molecule has 1 amide bonds. The molecule has 32 heavy (non-hydrogen) atoms. The Kier molecular flexibility index (Phi) is 6.21. The Balaban J connectivity index is 1.54. The highest BCUT2D eigenvalue weighted by Gasteiger charge is 2.60. The molecule has 4 rings (SSSR count). The van der Waals surface area contributed by atoms with Gasteiger partial charge in [0.1, 0.15) is 5.70 Å². The number of rotatable bonds is 8. The van der Waals surface area contributed by atoms with E-state index in [9.17, 15) is 28.2 Å². The summed E-state index contributed by atoms with van der Waals surface area (Å²) in [5.41, 5.74) is 1.43. The van der Waals surface area contributed by atoms with Crippen molar-refractivity contribution in [3.05, 3.63) is 27.8 Å². The SMILES string of the molecule is CC(O)C1C(=O)N2C(C(=O)O)=C(Sc3nc(C4=CCNC4CNS(N)(=O)=O)cs3)C(C)C12. The molecule has 14 heteroatoms. The number of fused-ring (bicyclic) bond motifs is 1. The van der Waals surface area contributed by atoms with E-state index in [1.807, 2.05) is 18.4 Å². The van der Waals surface area contributed by atoms with Gasteiger partial charge in [-0.2, -0.15) is 8.42 Å². The van der Waals surface area contributed by atoms with Crippen LogP contribution in [0.25, 0.3) is 5.57 Å². The molecule has 6 N–H and O–H groups in total. The number of aliphatic hydroxyl groups is 1. The summed E-state index contributed by atoms with van der Waals surface area (Å²) in [7, 11) is -3.82. The van der Waals surface area contributed by atoms with E-state index in [4.69, 9.17) is 5.14 Å². The topological polar surface area (TPSA) is 175 Å². The van der Waals surface area contributed by atoms with Crippen LogP contribution < -0.4 is 15.2 Å². The number of β-lactam (4-membered cyclic amide) rings is 1. The number of carbonyl (C=O) groups is 2. The average Bonchev–Trinajstić information content (AvgIpc) is 3.38. The lowest BCUT2D eigenvalue weighted by atomic mass is 9.79. The first kappa shape index (κ1) is 23.4. The first-order valence-corrected chi connectivity index (χ1v) is 13.1. The number of thiazole rings is 1. The van der Waals surface area contributed by atoms with Crippen LogP contribution in [-0.2, 0) is 19.8 Å². The van der Waals surface area contributed by atoms with Gasteiger partial charge < -0.3 is 20.4 Å². The zero-order valence-electron chi connectivity index (χ0n) is 17.2. The molecular formula is C18H23N5O6S3. The second-order valence-electron chi connectivity index (χ2n) is 7.89. The van der Waals surface area contributed by atoms with E-state index >= 15 is 0 Å². The second-order valence-corrected chi connectivity index (χ2v) is 11.4. The number of nitrogens with one attached hydrogen (secondary N) is 2. The van der Waals surface area contributed by atoms with Crippen LogP contribution in [0.3, 0.4) is 0 Å². The van der Waals surface area contributed by atoms with Crippen LogP contribution in [0.15, 0.2) is 26.4 Å². The number of nitrogens with zero attached hydrogens (tertiary/aromatic N) is 2. The van der Waals surface area contributed by atoms with Crippen molar-refractivity contribution < 1.29 is 28.2 Å². The van der Waals surface area contributed by atoms with Crippen LogP contribution >= 0.6 is 23.1 Å². The summed E-state index contributed by atoms with van der Waals surface area (Å²) in [5.74, 6) is -2.44. The van der Waals surface area contributed by atoms with Gasteiger partial charge in [0.05, 0.1) is 23.8 Å². The Hall–Kier alpha value is -1.81. The monoisotopic (exact) mass is 501 g/mol. The predicted octanol–water partition coefficient (Wildman–Crippen LogP) is -0.463. The normalized spacial score (nSPS) is 28.6. The maximum absolute atomic E-state index is 12.5. The van der Waals surface area contributed by atoms with Gasteiger partial charge in [0.2, 0.25) is 5.91 Å². The van der Waals surface area contributed by atoms with Crippen molar-refractivity contribution in [2.45, 2.75) is 36.4 Å². The number of carbonyl (C=O) groups excluding carboxylic acids is 1. The van der Waals surface area contributed by atoms with Crippen molar-refractivity contribution in [2.24, 2.45) is 17.0 Å². The van der Waals surface area contributed by atoms with Gasteiger partial charge in [-0.15, -0.1) is 11.3 Å². The first-order chi connectivity index (χ1) is 15.0. The van der Waals surface area contributed by atoms with Gasteiger partial charge in [-0.05, 0) is 12.5 Å². The molecule has 4 heterocycles. The number of aliphatic carboxylic acids is 1. The van der Waals surface area contributed by atoms with E-state index in [-0.39, 0.29) is 36.2 Å². The zero-order valence-corrected chi connectivity index (χ0v) is 19.6. The number of amides is 1. The minimum Gasteiger partial charge on any atom is -0.477 e. The summed E-state index contributed by atoms with van der Waals surface area (Å²) < 4.78 is 25.3. The summed E-state index contributed by atoms with van der Waals surface area (Å²) in [5, 5.41) is 29.7. The third kappa shape index (κ3) is 4.11. The molecule has 3 aliphatic rings. The number of thioether (sulfide) groups is 1. The predicted molar refractivity (Wildman–Crippen MR) is 118 cm³/mol. The van der Waals surface area contributed by atoms with Crippen LogP contribution in [0, 0.1) is 11.8 Å². The minimum atomic E-state index is -3.82. The van der Waals surface area contributed by atoms with Gasteiger partial charge in [0.25, 0.3) is 10.2 Å². The largest absolute Gasteiger partial charge is 0.477 e. The molecule has 0 spiro atoms. The van der Waals surface area contributed by atoms with Gasteiger partial charge >= 0.3 is 5.97 Å². The van der Waals surface area contributed by atoms with Crippen molar-refractivity contribution >= 4 is 50.8 Å². The number of nitrogens with two attached hydrogens (primary N) is 1. The van der Waals surface area contributed by atoms with Crippen LogP contribution in [0.2, 0.25) is 0 Å². The molecule has 1 aromatic rings. The molecule has 174 valence electrons. The number of carboxylic acid groups (broad SMARTS) is 1. The number of hydrogen-bond acceptors (Lipinski definition) is 9. The van der Waals surface area contributed by atoms with E-state index in [1.54, 1.807) is 0 Å². The van der Waals surface area contributed by atoms with Crippen molar-refractivity contribution in [1.82, 2.24) is 19.9 Å². The highest BCUT2D eigenvalue weighted by molar-refractivity contribution is 8.04. The van der Waals surface area contributed by atoms with E-state index in [2.05, 4.69) is 15.0 Å². The Morgan fingerprint density at radius 3 is 2.88 bits per heavy atom. The number of aliphatic hydroxyl groups excluding tert-OH is 1. The summed E-state index contributed by atoms with van der Waals surface area (Å²) in [6.07, 6.45) is 1.05. The maximum atomic E-state index is 12.5. The zero-order chi connectivity index (χ0) is 23.4. The molecule has 1 saturated heterocycles. The van der Waals surface area contributed by atoms with Crippen LogP contribution in [0.5, 0.6) is 0 Å². The van der Waals surface area contributed by atoms with Gasteiger partial charge in [0.15, 0.2) is 4.34 Å². The van der Waals surface area contributed by atoms with Gasteiger partial charge in [0, 0.05) is 35.3 Å². The third-order valence-corrected chi connectivity index (χ3v) is 8.63. The molecule has 1 fully saturated rings. The molecule has 0 aromatic carbocycles. The van der Waals surface area contributed by atoms with Gasteiger partial charge in [-0.25, -0.2) is 19.6 Å². The van der Waals surface area contributed by atoms with Gasteiger partial charge in [-0.3, -0.25) is 4.79 Å².